The van der Waals surface area contributed by atoms with Crippen molar-refractivity contribution in [1.82, 2.24) is 14.3 Å². The topological polar surface area (TPSA) is 88.1 Å². The second-order valence-corrected chi connectivity index (χ2v) is 8.81. The number of rotatable bonds is 7. The second kappa shape index (κ2) is 10.3. The molecule has 1 unspecified atom stereocenters. The van der Waals surface area contributed by atoms with Crippen molar-refractivity contribution in [3.63, 3.8) is 0 Å². The van der Waals surface area contributed by atoms with Gasteiger partial charge in [0.15, 0.2) is 6.23 Å². The zero-order chi connectivity index (χ0) is 26.0. The highest BCUT2D eigenvalue weighted by molar-refractivity contribution is 5.84. The monoisotopic (exact) mass is 514 g/mol. The predicted octanol–water partition coefficient (Wildman–Crippen LogP) is 4.01. The van der Waals surface area contributed by atoms with E-state index >= 15 is 0 Å². The van der Waals surface area contributed by atoms with Gasteiger partial charge in [0.1, 0.15) is 5.52 Å². The number of benzene rings is 2. The normalized spacial score (nSPS) is 15.6. The zero-order valence-corrected chi connectivity index (χ0v) is 19.8. The standard InChI is InChI=1S/C26H25F3N4O4/c27-26(28,29)25(35)37-23(8-9-32-10-12-36-13-11-32)30-19-6-7-20-21(15-19)33-16-18(14-22(33)24(34)31-20)17-4-2-1-3-5-17/h1-7,14-16,23,30H,8-13H2,(H,31,34). The van der Waals surface area contributed by atoms with Crippen LogP contribution in [-0.4, -0.2) is 65.5 Å². The molecule has 37 heavy (non-hydrogen) atoms. The minimum absolute atomic E-state index is 0.141. The number of ether oxygens (including phenoxy) is 2. The first-order chi connectivity index (χ1) is 17.8. The molecule has 1 saturated heterocycles. The summed E-state index contributed by atoms with van der Waals surface area (Å²) < 4.78 is 50.7. The molecule has 0 radical (unpaired) electrons. The molecule has 0 saturated carbocycles. The lowest BCUT2D eigenvalue weighted by molar-refractivity contribution is -0.204. The number of fused-ring (bicyclic) bond motifs is 3. The minimum atomic E-state index is -5.10. The van der Waals surface area contributed by atoms with Crippen LogP contribution in [0.5, 0.6) is 0 Å². The van der Waals surface area contributed by atoms with E-state index < -0.39 is 18.4 Å². The first kappa shape index (κ1) is 24.8. The van der Waals surface area contributed by atoms with Crippen LogP contribution in [0.4, 0.5) is 18.9 Å². The highest BCUT2D eigenvalue weighted by atomic mass is 19.4. The van der Waals surface area contributed by atoms with E-state index in [0.29, 0.717) is 55.1 Å². The Kier molecular flexibility index (Phi) is 6.90. The summed E-state index contributed by atoms with van der Waals surface area (Å²) in [6.07, 6.45) is -4.33. The number of esters is 1. The van der Waals surface area contributed by atoms with Gasteiger partial charge in [-0.15, -0.1) is 0 Å². The Labute approximate surface area is 209 Å². The van der Waals surface area contributed by atoms with Gasteiger partial charge >= 0.3 is 12.1 Å². The number of aromatic amines is 1. The molecular weight excluding hydrogens is 489 g/mol. The molecule has 5 rings (SSSR count). The van der Waals surface area contributed by atoms with Crippen LogP contribution in [0, 0.1) is 0 Å². The molecule has 8 nitrogen and oxygen atoms in total. The molecule has 0 aliphatic carbocycles. The lowest BCUT2D eigenvalue weighted by atomic mass is 10.1. The van der Waals surface area contributed by atoms with E-state index in [1.54, 1.807) is 28.7 Å². The number of H-pyrrole nitrogens is 1. The molecule has 1 atom stereocenters. The quantitative estimate of drug-likeness (QED) is 0.286. The van der Waals surface area contributed by atoms with Gasteiger partial charge < -0.3 is 24.2 Å². The largest absolute Gasteiger partial charge is 0.491 e. The van der Waals surface area contributed by atoms with Gasteiger partial charge in [-0.1, -0.05) is 30.3 Å². The van der Waals surface area contributed by atoms with E-state index in [0.717, 1.165) is 11.1 Å². The van der Waals surface area contributed by atoms with Gasteiger partial charge in [-0.3, -0.25) is 9.69 Å². The number of nitrogens with one attached hydrogen (secondary N) is 2. The molecule has 2 aromatic heterocycles. The summed E-state index contributed by atoms with van der Waals surface area (Å²) in [5.74, 6) is -2.25. The SMILES string of the molecule is O=C(OC(CCN1CCOCC1)Nc1ccc2[nH]c(=O)c3cc(-c4ccccc4)cn3c2c1)C(F)(F)F. The Hall–Kier alpha value is -3.83. The van der Waals surface area contributed by atoms with Crippen LogP contribution in [0.3, 0.4) is 0 Å². The third-order valence-corrected chi connectivity index (χ3v) is 6.28. The van der Waals surface area contributed by atoms with Crippen molar-refractivity contribution in [3.8, 4) is 11.1 Å². The van der Waals surface area contributed by atoms with E-state index in [2.05, 4.69) is 10.3 Å². The van der Waals surface area contributed by atoms with Gasteiger partial charge in [0.25, 0.3) is 5.56 Å². The van der Waals surface area contributed by atoms with Crippen molar-refractivity contribution in [1.29, 1.82) is 0 Å². The van der Waals surface area contributed by atoms with Crippen LogP contribution in [-0.2, 0) is 14.3 Å². The number of morpholine rings is 1. The molecule has 2 N–H and O–H groups in total. The molecule has 11 heteroatoms. The molecule has 3 heterocycles. The van der Waals surface area contributed by atoms with Crippen LogP contribution < -0.4 is 10.9 Å². The maximum Gasteiger partial charge on any atom is 0.491 e. The molecule has 2 aromatic carbocycles. The molecule has 1 aliphatic rings. The molecular formula is C26H25F3N4O4. The summed E-state index contributed by atoms with van der Waals surface area (Å²) in [5.41, 5.74) is 3.58. The maximum atomic E-state index is 12.9. The fourth-order valence-corrected chi connectivity index (χ4v) is 4.41. The average molecular weight is 515 g/mol. The maximum absolute atomic E-state index is 12.9. The van der Waals surface area contributed by atoms with E-state index in [1.807, 2.05) is 41.4 Å². The highest BCUT2D eigenvalue weighted by Gasteiger charge is 2.42. The number of halogens is 3. The Morgan fingerprint density at radius 2 is 1.81 bits per heavy atom. The number of aromatic nitrogens is 2. The second-order valence-electron chi connectivity index (χ2n) is 8.81. The Bertz CT molecular complexity index is 1460. The zero-order valence-electron chi connectivity index (χ0n) is 19.8. The van der Waals surface area contributed by atoms with Crippen LogP contribution in [0.2, 0.25) is 0 Å². The van der Waals surface area contributed by atoms with E-state index in [4.69, 9.17) is 9.47 Å². The van der Waals surface area contributed by atoms with Crippen LogP contribution in [0.1, 0.15) is 6.42 Å². The first-order valence-electron chi connectivity index (χ1n) is 11.9. The summed E-state index contributed by atoms with van der Waals surface area (Å²) >= 11 is 0. The number of hydrogen-bond acceptors (Lipinski definition) is 6. The van der Waals surface area contributed by atoms with Crippen LogP contribution in [0.15, 0.2) is 65.6 Å². The highest BCUT2D eigenvalue weighted by Crippen LogP contribution is 2.26. The van der Waals surface area contributed by atoms with Crippen molar-refractivity contribution < 1.29 is 27.4 Å². The lowest BCUT2D eigenvalue weighted by Crippen LogP contribution is -2.40. The van der Waals surface area contributed by atoms with Crippen molar-refractivity contribution in [2.45, 2.75) is 18.8 Å². The smallest absolute Gasteiger partial charge is 0.435 e. The van der Waals surface area contributed by atoms with Gasteiger partial charge in [-0.05, 0) is 29.8 Å². The van der Waals surface area contributed by atoms with Crippen LogP contribution in [0.25, 0.3) is 27.7 Å². The minimum Gasteiger partial charge on any atom is -0.435 e. The summed E-state index contributed by atoms with van der Waals surface area (Å²) in [7, 11) is 0. The fourth-order valence-electron chi connectivity index (χ4n) is 4.41. The Morgan fingerprint density at radius 3 is 2.54 bits per heavy atom. The molecule has 4 aromatic rings. The number of anilines is 1. The Morgan fingerprint density at radius 1 is 1.05 bits per heavy atom. The summed E-state index contributed by atoms with van der Waals surface area (Å²) in [6.45, 7) is 2.81. The molecule has 1 fully saturated rings. The lowest BCUT2D eigenvalue weighted by Gasteiger charge is -2.29. The number of nitrogens with zero attached hydrogens (tertiary/aromatic N) is 2. The Balaban J connectivity index is 1.45. The molecule has 0 amide bonds. The molecule has 1 aliphatic heterocycles. The number of hydrogen-bond donors (Lipinski definition) is 2. The van der Waals surface area contributed by atoms with Gasteiger partial charge in [0.05, 0.1) is 24.2 Å². The molecule has 0 spiro atoms. The van der Waals surface area contributed by atoms with E-state index in [1.165, 1.54) is 0 Å². The third kappa shape index (κ3) is 5.62. The number of carbonyl (C=O) groups excluding carboxylic acids is 1. The van der Waals surface area contributed by atoms with E-state index in [9.17, 15) is 22.8 Å². The van der Waals surface area contributed by atoms with Crippen molar-refractivity contribution in [2.24, 2.45) is 0 Å². The first-order valence-corrected chi connectivity index (χ1v) is 11.9. The van der Waals surface area contributed by atoms with Crippen molar-refractivity contribution in [2.75, 3.05) is 38.2 Å². The van der Waals surface area contributed by atoms with Crippen molar-refractivity contribution >= 4 is 28.2 Å². The summed E-state index contributed by atoms with van der Waals surface area (Å²) in [6, 6.07) is 16.3. The average Bonchev–Trinajstić information content (AvgIpc) is 3.35. The number of carbonyl (C=O) groups is 1. The molecule has 194 valence electrons. The summed E-state index contributed by atoms with van der Waals surface area (Å²) in [5, 5.41) is 2.93. The third-order valence-electron chi connectivity index (χ3n) is 6.28. The predicted molar refractivity (Wildman–Crippen MR) is 132 cm³/mol. The summed E-state index contributed by atoms with van der Waals surface area (Å²) in [4.78, 5) is 29.2. The number of alkyl halides is 3. The van der Waals surface area contributed by atoms with Gasteiger partial charge in [-0.25, -0.2) is 4.79 Å². The van der Waals surface area contributed by atoms with Crippen LogP contribution >= 0.6 is 0 Å². The van der Waals surface area contributed by atoms with Gasteiger partial charge in [0.2, 0.25) is 0 Å². The van der Waals surface area contributed by atoms with Crippen molar-refractivity contribution in [3.05, 3.63) is 71.1 Å². The van der Waals surface area contributed by atoms with Gasteiger partial charge in [0, 0.05) is 43.5 Å². The van der Waals surface area contributed by atoms with E-state index in [-0.39, 0.29) is 12.0 Å². The molecule has 0 bridgehead atoms. The fraction of sp³-hybridized carbons (Fsp3) is 0.308. The van der Waals surface area contributed by atoms with Gasteiger partial charge in [-0.2, -0.15) is 13.2 Å².